The Hall–Kier alpha value is -2.42. The minimum atomic E-state index is -0.989. The fourth-order valence-corrected chi connectivity index (χ4v) is 3.84. The first-order valence-electron chi connectivity index (χ1n) is 7.18. The lowest BCUT2D eigenvalue weighted by molar-refractivity contribution is -0.137. The number of carbonyl (C=O) groups excluding carboxylic acids is 3. The molecule has 0 spiro atoms. The average molecular weight is 337 g/mol. The first-order chi connectivity index (χ1) is 11.0. The predicted octanol–water partition coefficient (Wildman–Crippen LogP) is 0.662. The van der Waals surface area contributed by atoms with E-state index in [1.807, 2.05) is 0 Å². The highest BCUT2D eigenvalue weighted by Crippen LogP contribution is 2.36. The summed E-state index contributed by atoms with van der Waals surface area (Å²) in [5.74, 6) is -1.71. The molecule has 2 fully saturated rings. The standard InChI is InChI=1S/C14H15N3O5S/c18-11-6-15-14(22)17(11)7-12(19)16-5-1-2-8(16)9-3-4-10(23-9)13(20)21/h3-4,8H,1-2,5-7H2,(H,15,22)(H,20,21). The second kappa shape index (κ2) is 5.99. The Morgan fingerprint density at radius 1 is 1.35 bits per heavy atom. The van der Waals surface area contributed by atoms with Crippen molar-refractivity contribution in [1.82, 2.24) is 15.1 Å². The summed E-state index contributed by atoms with van der Waals surface area (Å²) < 4.78 is 0. The molecule has 0 saturated carbocycles. The lowest BCUT2D eigenvalue weighted by Crippen LogP contribution is -2.42. The molecule has 1 unspecified atom stereocenters. The quantitative estimate of drug-likeness (QED) is 0.785. The van der Waals surface area contributed by atoms with Crippen LogP contribution in [0.2, 0.25) is 0 Å². The number of aromatic carboxylic acids is 1. The summed E-state index contributed by atoms with van der Waals surface area (Å²) in [4.78, 5) is 50.1. The van der Waals surface area contributed by atoms with E-state index in [0.717, 1.165) is 34.0 Å². The summed E-state index contributed by atoms with van der Waals surface area (Å²) in [5, 5.41) is 11.4. The van der Waals surface area contributed by atoms with Gasteiger partial charge in [0, 0.05) is 11.4 Å². The van der Waals surface area contributed by atoms with Crippen molar-refractivity contribution in [3.63, 3.8) is 0 Å². The van der Waals surface area contributed by atoms with Gasteiger partial charge in [0.25, 0.3) is 5.91 Å². The number of rotatable bonds is 4. The zero-order valence-electron chi connectivity index (χ0n) is 12.2. The van der Waals surface area contributed by atoms with Crippen molar-refractivity contribution in [2.75, 3.05) is 19.6 Å². The lowest BCUT2D eigenvalue weighted by Gasteiger charge is -2.25. The van der Waals surface area contributed by atoms with E-state index in [1.54, 1.807) is 11.0 Å². The number of hydrogen-bond acceptors (Lipinski definition) is 5. The minimum absolute atomic E-state index is 0.0809. The molecule has 0 radical (unpaired) electrons. The number of imide groups is 1. The number of nitrogens with zero attached hydrogens (tertiary/aromatic N) is 2. The monoisotopic (exact) mass is 337 g/mol. The second-order valence-corrected chi connectivity index (χ2v) is 6.51. The van der Waals surface area contributed by atoms with E-state index in [1.165, 1.54) is 6.07 Å². The van der Waals surface area contributed by atoms with Crippen LogP contribution in [-0.4, -0.2) is 58.4 Å². The summed E-state index contributed by atoms with van der Waals surface area (Å²) in [5.41, 5.74) is 0. The number of carboxylic acids is 1. The van der Waals surface area contributed by atoms with Crippen LogP contribution < -0.4 is 5.32 Å². The molecule has 9 heteroatoms. The molecule has 1 aromatic rings. The van der Waals surface area contributed by atoms with Gasteiger partial charge in [-0.3, -0.25) is 14.5 Å². The molecule has 0 aliphatic carbocycles. The van der Waals surface area contributed by atoms with Crippen molar-refractivity contribution in [3.05, 3.63) is 21.9 Å². The van der Waals surface area contributed by atoms with Gasteiger partial charge in [-0.25, -0.2) is 9.59 Å². The molecule has 2 N–H and O–H groups in total. The number of carboxylic acid groups (broad SMARTS) is 1. The number of nitrogens with one attached hydrogen (secondary N) is 1. The van der Waals surface area contributed by atoms with Crippen molar-refractivity contribution >= 4 is 35.2 Å². The first kappa shape index (κ1) is 15.5. The molecule has 2 saturated heterocycles. The van der Waals surface area contributed by atoms with Gasteiger partial charge in [-0.05, 0) is 25.0 Å². The molecule has 2 aliphatic rings. The van der Waals surface area contributed by atoms with E-state index < -0.39 is 17.9 Å². The van der Waals surface area contributed by atoms with Gasteiger partial charge in [0.05, 0.1) is 12.6 Å². The van der Waals surface area contributed by atoms with Crippen molar-refractivity contribution in [1.29, 1.82) is 0 Å². The summed E-state index contributed by atoms with van der Waals surface area (Å²) in [6.07, 6.45) is 1.54. The molecular weight excluding hydrogens is 322 g/mol. The highest BCUT2D eigenvalue weighted by atomic mass is 32.1. The Labute approximate surface area is 135 Å². The smallest absolute Gasteiger partial charge is 0.345 e. The van der Waals surface area contributed by atoms with Crippen LogP contribution in [0.5, 0.6) is 0 Å². The maximum Gasteiger partial charge on any atom is 0.345 e. The minimum Gasteiger partial charge on any atom is -0.477 e. The third kappa shape index (κ3) is 2.91. The van der Waals surface area contributed by atoms with Crippen LogP contribution in [0.25, 0.3) is 0 Å². The summed E-state index contributed by atoms with van der Waals surface area (Å²) >= 11 is 1.15. The Morgan fingerprint density at radius 2 is 2.13 bits per heavy atom. The van der Waals surface area contributed by atoms with Gasteiger partial charge in [0.2, 0.25) is 5.91 Å². The van der Waals surface area contributed by atoms with Crippen LogP contribution in [0.15, 0.2) is 12.1 Å². The van der Waals surface area contributed by atoms with E-state index in [4.69, 9.17) is 5.11 Å². The zero-order chi connectivity index (χ0) is 16.6. The maximum atomic E-state index is 12.5. The lowest BCUT2D eigenvalue weighted by atomic mass is 10.2. The average Bonchev–Trinajstić information content (AvgIpc) is 3.21. The van der Waals surface area contributed by atoms with Gasteiger partial charge in [-0.1, -0.05) is 0 Å². The molecule has 4 amide bonds. The molecule has 8 nitrogen and oxygen atoms in total. The van der Waals surface area contributed by atoms with Crippen LogP contribution in [0, 0.1) is 0 Å². The van der Waals surface area contributed by atoms with E-state index >= 15 is 0 Å². The third-order valence-corrected chi connectivity index (χ3v) is 5.14. The van der Waals surface area contributed by atoms with Crippen molar-refractivity contribution in [2.45, 2.75) is 18.9 Å². The van der Waals surface area contributed by atoms with Crippen molar-refractivity contribution in [3.8, 4) is 0 Å². The van der Waals surface area contributed by atoms with Crippen molar-refractivity contribution in [2.24, 2.45) is 0 Å². The second-order valence-electron chi connectivity index (χ2n) is 5.39. The summed E-state index contributed by atoms with van der Waals surface area (Å²) in [6.45, 7) is 0.175. The molecule has 0 aromatic carbocycles. The number of carbonyl (C=O) groups is 4. The largest absolute Gasteiger partial charge is 0.477 e. The van der Waals surface area contributed by atoms with Gasteiger partial charge < -0.3 is 15.3 Å². The van der Waals surface area contributed by atoms with E-state index in [2.05, 4.69) is 5.32 Å². The SMILES string of the molecule is O=C(O)c1ccc(C2CCCN2C(=O)CN2C(=O)CNC2=O)s1. The topological polar surface area (TPSA) is 107 Å². The van der Waals surface area contributed by atoms with Crippen LogP contribution in [0.1, 0.15) is 33.4 Å². The fourth-order valence-electron chi connectivity index (χ4n) is 2.85. The number of urea groups is 1. The first-order valence-corrected chi connectivity index (χ1v) is 7.99. The van der Waals surface area contributed by atoms with Crippen LogP contribution in [0.4, 0.5) is 4.79 Å². The molecule has 1 atom stereocenters. The zero-order valence-corrected chi connectivity index (χ0v) is 13.0. The number of hydrogen-bond donors (Lipinski definition) is 2. The van der Waals surface area contributed by atoms with Gasteiger partial charge in [-0.15, -0.1) is 11.3 Å². The van der Waals surface area contributed by atoms with E-state index in [9.17, 15) is 19.2 Å². The fraction of sp³-hybridized carbons (Fsp3) is 0.429. The molecular formula is C14H15N3O5S. The third-order valence-electron chi connectivity index (χ3n) is 3.97. The van der Waals surface area contributed by atoms with E-state index in [0.29, 0.717) is 6.54 Å². The highest BCUT2D eigenvalue weighted by molar-refractivity contribution is 7.14. The Morgan fingerprint density at radius 3 is 2.74 bits per heavy atom. The Kier molecular flexibility index (Phi) is 4.03. The highest BCUT2D eigenvalue weighted by Gasteiger charge is 2.36. The molecule has 1 aromatic heterocycles. The molecule has 3 rings (SSSR count). The van der Waals surface area contributed by atoms with Crippen molar-refractivity contribution < 1.29 is 24.3 Å². The van der Waals surface area contributed by atoms with Crippen LogP contribution in [0.3, 0.4) is 0 Å². The Bertz CT molecular complexity index is 670. The summed E-state index contributed by atoms with van der Waals surface area (Å²) in [6, 6.07) is 2.50. The molecule has 0 bridgehead atoms. The number of amides is 4. The Balaban J connectivity index is 1.73. The molecule has 122 valence electrons. The van der Waals surface area contributed by atoms with Crippen LogP contribution in [-0.2, 0) is 9.59 Å². The number of thiophene rings is 1. The molecule has 2 aliphatic heterocycles. The maximum absolute atomic E-state index is 12.5. The molecule has 23 heavy (non-hydrogen) atoms. The predicted molar refractivity (Wildman–Crippen MR) is 80.1 cm³/mol. The van der Waals surface area contributed by atoms with Gasteiger partial charge >= 0.3 is 12.0 Å². The van der Waals surface area contributed by atoms with Gasteiger partial charge in [0.1, 0.15) is 11.4 Å². The normalized spacial score (nSPS) is 21.0. The van der Waals surface area contributed by atoms with Gasteiger partial charge in [0.15, 0.2) is 0 Å². The summed E-state index contributed by atoms with van der Waals surface area (Å²) in [7, 11) is 0. The van der Waals surface area contributed by atoms with E-state index in [-0.39, 0.29) is 29.9 Å². The molecule has 3 heterocycles. The van der Waals surface area contributed by atoms with Gasteiger partial charge in [-0.2, -0.15) is 0 Å². The van der Waals surface area contributed by atoms with Crippen LogP contribution >= 0.6 is 11.3 Å². The number of likely N-dealkylation sites (tertiary alicyclic amines) is 1.